The van der Waals surface area contributed by atoms with Crippen LogP contribution in [0.15, 0.2) is 146 Å². The van der Waals surface area contributed by atoms with Gasteiger partial charge in [-0.3, -0.25) is 9.59 Å². The summed E-state index contributed by atoms with van der Waals surface area (Å²) in [6.45, 7) is 4.56. The predicted octanol–water partition coefficient (Wildman–Crippen LogP) is 18.0. The molecule has 2 atom stereocenters. The molecule has 77 heavy (non-hydrogen) atoms. The van der Waals surface area contributed by atoms with E-state index in [1.54, 1.807) is 0 Å². The third-order valence-electron chi connectivity index (χ3n) is 12.1. The Bertz CT molecular complexity index is 1770. The van der Waals surface area contributed by atoms with Gasteiger partial charge in [-0.25, -0.2) is 4.79 Å². The first-order valence-corrected chi connectivity index (χ1v) is 30.0. The quantitative estimate of drug-likeness (QED) is 0.0211. The number of aliphatic carboxylic acids is 1. The van der Waals surface area contributed by atoms with Crippen LogP contribution in [0.3, 0.4) is 0 Å². The molecule has 0 aromatic carbocycles. The summed E-state index contributed by atoms with van der Waals surface area (Å²) in [7, 11) is 5.94. The summed E-state index contributed by atoms with van der Waals surface area (Å²) < 4.78 is 22.8. The summed E-state index contributed by atoms with van der Waals surface area (Å²) >= 11 is 0. The minimum absolute atomic E-state index is 0.168. The van der Waals surface area contributed by atoms with E-state index < -0.39 is 24.3 Å². The molecule has 0 aromatic rings. The Morgan fingerprint density at radius 2 is 0.714 bits per heavy atom. The monoisotopic (exact) mass is 1070 g/mol. The van der Waals surface area contributed by atoms with E-state index in [9.17, 15) is 19.5 Å². The van der Waals surface area contributed by atoms with Gasteiger partial charge in [0.1, 0.15) is 13.2 Å². The topological polar surface area (TPSA) is 108 Å². The first-order chi connectivity index (χ1) is 37.6. The fourth-order valence-corrected chi connectivity index (χ4v) is 7.56. The maximum atomic E-state index is 12.9. The van der Waals surface area contributed by atoms with E-state index in [0.717, 1.165) is 96.3 Å². The molecular formula is C68H110NO8+. The highest BCUT2D eigenvalue weighted by Crippen LogP contribution is 2.15. The van der Waals surface area contributed by atoms with Gasteiger partial charge in [0.15, 0.2) is 6.10 Å². The van der Waals surface area contributed by atoms with E-state index in [0.29, 0.717) is 23.9 Å². The Balaban J connectivity index is 4.32. The van der Waals surface area contributed by atoms with E-state index in [1.165, 1.54) is 70.6 Å². The molecule has 2 unspecified atom stereocenters. The Morgan fingerprint density at radius 1 is 0.390 bits per heavy atom. The van der Waals surface area contributed by atoms with Gasteiger partial charge in [0, 0.05) is 12.8 Å². The number of rotatable bonds is 53. The maximum Gasteiger partial charge on any atom is 0.361 e. The van der Waals surface area contributed by atoms with Crippen molar-refractivity contribution in [2.24, 2.45) is 0 Å². The van der Waals surface area contributed by atoms with Gasteiger partial charge in [0.25, 0.3) is 6.29 Å². The molecule has 0 aliphatic carbocycles. The number of nitrogens with zero attached hydrogens (tertiary/aromatic N) is 1. The Morgan fingerprint density at radius 3 is 1.08 bits per heavy atom. The summed E-state index contributed by atoms with van der Waals surface area (Å²) in [5, 5.41) is 9.71. The molecule has 0 fully saturated rings. The molecule has 0 rings (SSSR count). The second-order valence-corrected chi connectivity index (χ2v) is 20.5. The van der Waals surface area contributed by atoms with Gasteiger partial charge in [0.05, 0.1) is 34.4 Å². The predicted molar refractivity (Wildman–Crippen MR) is 327 cm³/mol. The van der Waals surface area contributed by atoms with Crippen molar-refractivity contribution in [2.75, 3.05) is 47.5 Å². The van der Waals surface area contributed by atoms with Crippen LogP contribution in [-0.2, 0) is 33.3 Å². The van der Waals surface area contributed by atoms with Crippen LogP contribution >= 0.6 is 0 Å². The highest BCUT2D eigenvalue weighted by Gasteiger charge is 2.25. The molecule has 434 valence electrons. The summed E-state index contributed by atoms with van der Waals surface area (Å²) in [4.78, 5) is 37.5. The van der Waals surface area contributed by atoms with Crippen molar-refractivity contribution in [3.8, 4) is 0 Å². The molecule has 0 saturated carbocycles. The SMILES string of the molecule is CC/C=C\C/C=C\C/C=C\C/C=C\C/C=C\C/C=C\C/C=C\CCCC(=O)OC(COC(=O)CCCCCCCCCCCCCCC/C=C\C/C=C\C/C=C\C/C=C\C/C=C\CC)COC(OCC[N+](C)(C)C)C(=O)O. The Hall–Kier alpha value is -4.83. The molecule has 9 nitrogen and oxygen atoms in total. The van der Waals surface area contributed by atoms with Crippen molar-refractivity contribution in [3.05, 3.63) is 146 Å². The van der Waals surface area contributed by atoms with Crippen molar-refractivity contribution in [1.29, 1.82) is 0 Å². The molecule has 1 N–H and O–H groups in total. The van der Waals surface area contributed by atoms with Crippen LogP contribution in [0.25, 0.3) is 0 Å². The van der Waals surface area contributed by atoms with Crippen LogP contribution in [0.1, 0.15) is 206 Å². The number of carbonyl (C=O) groups excluding carboxylic acids is 2. The Labute approximate surface area is 471 Å². The summed E-state index contributed by atoms with van der Waals surface area (Å²) in [6.07, 6.45) is 80.8. The number of carboxylic acid groups (broad SMARTS) is 1. The number of hydrogen-bond acceptors (Lipinski definition) is 7. The highest BCUT2D eigenvalue weighted by molar-refractivity contribution is 5.71. The number of quaternary nitrogens is 1. The lowest BCUT2D eigenvalue weighted by atomic mass is 10.0. The Kier molecular flexibility index (Phi) is 53.8. The number of carboxylic acids is 1. The van der Waals surface area contributed by atoms with E-state index in [1.807, 2.05) is 21.1 Å². The van der Waals surface area contributed by atoms with Gasteiger partial charge >= 0.3 is 17.9 Å². The van der Waals surface area contributed by atoms with Crippen molar-refractivity contribution in [1.82, 2.24) is 0 Å². The standard InChI is InChI=1S/C68H109NO8/c1-6-8-10-12-14-16-18-20-22-24-26-28-30-31-32-33-34-35-37-38-40-42-44-46-48-50-52-54-56-58-65(70)75-62-64(63-76-68(67(72)73)74-61-60-69(3,4)5)77-66(71)59-57-55-53-51-49-47-45-43-41-39-36-29-27-25-23-21-19-17-15-13-11-9-7-2/h8-11,14-17,20-23,26-29,31-32,39,41,45,47,51,53,64,68H,6-7,12-13,18-19,24-25,30,33-38,40,42-44,46,48-50,52,54-63H2,1-5H3/p+1/b10-8-,11-9-,16-14-,17-15-,22-20-,23-21-,28-26-,29-27-,32-31-,41-39-,47-45-,53-51-. The first-order valence-electron chi connectivity index (χ1n) is 30.0. The summed E-state index contributed by atoms with van der Waals surface area (Å²) in [5.74, 6) is -2.10. The van der Waals surface area contributed by atoms with Gasteiger partial charge in [-0.1, -0.05) is 230 Å². The van der Waals surface area contributed by atoms with Crippen LogP contribution in [0, 0.1) is 0 Å². The molecule has 0 bridgehead atoms. The van der Waals surface area contributed by atoms with Crippen molar-refractivity contribution in [3.63, 3.8) is 0 Å². The van der Waals surface area contributed by atoms with Gasteiger partial charge in [-0.2, -0.15) is 0 Å². The molecule has 0 aliphatic heterocycles. The van der Waals surface area contributed by atoms with Crippen LogP contribution < -0.4 is 0 Å². The number of ether oxygens (including phenoxy) is 4. The van der Waals surface area contributed by atoms with Gasteiger partial charge < -0.3 is 28.5 Å². The average Bonchev–Trinajstić information content (AvgIpc) is 3.40. The highest BCUT2D eigenvalue weighted by atomic mass is 16.7. The van der Waals surface area contributed by atoms with E-state index in [4.69, 9.17) is 18.9 Å². The zero-order valence-electron chi connectivity index (χ0n) is 49.3. The fraction of sp³-hybridized carbons (Fsp3) is 0.603. The molecular weight excluding hydrogens is 959 g/mol. The number of unbranched alkanes of at least 4 members (excludes halogenated alkanes) is 14. The molecule has 0 amide bonds. The van der Waals surface area contributed by atoms with Crippen LogP contribution in [0.5, 0.6) is 0 Å². The lowest BCUT2D eigenvalue weighted by Gasteiger charge is -2.25. The number of carbonyl (C=O) groups is 3. The minimum Gasteiger partial charge on any atom is -0.477 e. The van der Waals surface area contributed by atoms with E-state index >= 15 is 0 Å². The number of hydrogen-bond donors (Lipinski definition) is 1. The van der Waals surface area contributed by atoms with E-state index in [2.05, 4.69) is 160 Å². The van der Waals surface area contributed by atoms with Crippen molar-refractivity contribution < 1.29 is 42.9 Å². The maximum absolute atomic E-state index is 12.9. The molecule has 9 heteroatoms. The second-order valence-electron chi connectivity index (χ2n) is 20.5. The smallest absolute Gasteiger partial charge is 0.361 e. The van der Waals surface area contributed by atoms with Crippen molar-refractivity contribution >= 4 is 17.9 Å². The first kappa shape index (κ1) is 72.2. The lowest BCUT2D eigenvalue weighted by Crippen LogP contribution is -2.40. The largest absolute Gasteiger partial charge is 0.477 e. The molecule has 0 radical (unpaired) electrons. The van der Waals surface area contributed by atoms with Gasteiger partial charge in [-0.15, -0.1) is 0 Å². The molecule has 0 heterocycles. The number of likely N-dealkylation sites (N-methyl/N-ethyl adjacent to an activating group) is 1. The minimum atomic E-state index is -1.54. The third kappa shape index (κ3) is 58.7. The summed E-state index contributed by atoms with van der Waals surface area (Å²) in [5.41, 5.74) is 0. The molecule has 0 spiro atoms. The van der Waals surface area contributed by atoms with Crippen LogP contribution in [0.2, 0.25) is 0 Å². The molecule has 0 aliphatic rings. The van der Waals surface area contributed by atoms with Crippen molar-refractivity contribution in [2.45, 2.75) is 219 Å². The van der Waals surface area contributed by atoms with Crippen LogP contribution in [0.4, 0.5) is 0 Å². The zero-order chi connectivity index (χ0) is 56.2. The normalized spacial score (nSPS) is 13.8. The lowest BCUT2D eigenvalue weighted by molar-refractivity contribution is -0.870. The van der Waals surface area contributed by atoms with Crippen LogP contribution in [-0.4, -0.2) is 87.4 Å². The second kappa shape index (κ2) is 57.3. The molecule has 0 saturated heterocycles. The zero-order valence-corrected chi connectivity index (χ0v) is 49.3. The van der Waals surface area contributed by atoms with Gasteiger partial charge in [-0.05, 0) is 109 Å². The third-order valence-corrected chi connectivity index (χ3v) is 12.1. The number of allylic oxidation sites excluding steroid dienone is 24. The summed E-state index contributed by atoms with van der Waals surface area (Å²) in [6, 6.07) is 0. The number of esters is 2. The molecule has 0 aromatic heterocycles. The van der Waals surface area contributed by atoms with Gasteiger partial charge in [0.2, 0.25) is 0 Å². The van der Waals surface area contributed by atoms with E-state index in [-0.39, 0.29) is 38.6 Å². The fourth-order valence-electron chi connectivity index (χ4n) is 7.56. The average molecular weight is 1070 g/mol.